The maximum Gasteiger partial charge on any atom is 0.323 e. The van der Waals surface area contributed by atoms with Gasteiger partial charge in [0.15, 0.2) is 0 Å². The van der Waals surface area contributed by atoms with Crippen LogP contribution in [0.1, 0.15) is 71.6 Å². The van der Waals surface area contributed by atoms with Crippen LogP contribution in [0.25, 0.3) is 5.57 Å². The summed E-state index contributed by atoms with van der Waals surface area (Å²) in [6.45, 7) is 3.71. The first-order valence-electron chi connectivity index (χ1n) is 13.1. The minimum atomic E-state index is -1.21. The van der Waals surface area contributed by atoms with Crippen molar-refractivity contribution >= 4 is 29.1 Å². The summed E-state index contributed by atoms with van der Waals surface area (Å²) in [6, 6.07) is 7.23. The van der Waals surface area contributed by atoms with E-state index in [4.69, 9.17) is 0 Å². The van der Waals surface area contributed by atoms with E-state index in [1.807, 2.05) is 6.07 Å². The Morgan fingerprint density at radius 3 is 2.36 bits per heavy atom. The predicted molar refractivity (Wildman–Crippen MR) is 134 cm³/mol. The second-order valence-corrected chi connectivity index (χ2v) is 11.4. The molecule has 2 fully saturated rings. The number of nitrogens with one attached hydrogen (secondary N) is 1. The fraction of sp³-hybridized carbons (Fsp3) is 0.607. The summed E-state index contributed by atoms with van der Waals surface area (Å²) in [5.74, 6) is -2.95. The molecule has 8 nitrogen and oxygen atoms in total. The van der Waals surface area contributed by atoms with E-state index in [2.05, 4.69) is 24.2 Å². The van der Waals surface area contributed by atoms with Gasteiger partial charge in [-0.3, -0.25) is 24.2 Å². The Morgan fingerprint density at radius 2 is 1.69 bits per heavy atom. The molecule has 3 aliphatic rings. The van der Waals surface area contributed by atoms with E-state index in [0.717, 1.165) is 43.4 Å². The number of carboxylic acids is 1. The average molecular weight is 496 g/mol. The van der Waals surface area contributed by atoms with Gasteiger partial charge < -0.3 is 15.3 Å². The van der Waals surface area contributed by atoms with Crippen LogP contribution < -0.4 is 15.9 Å². The van der Waals surface area contributed by atoms with Crippen molar-refractivity contribution in [1.29, 1.82) is 0 Å². The minimum absolute atomic E-state index is 0.0665. The number of carbonyl (C=O) groups excluding carboxylic acids is 3. The lowest BCUT2D eigenvalue weighted by Gasteiger charge is -2.45. The molecule has 1 aromatic rings. The van der Waals surface area contributed by atoms with Crippen molar-refractivity contribution in [1.82, 2.24) is 10.2 Å². The summed E-state index contributed by atoms with van der Waals surface area (Å²) in [7, 11) is 0. The van der Waals surface area contributed by atoms with Gasteiger partial charge in [-0.05, 0) is 50.0 Å². The minimum Gasteiger partial charge on any atom is -0.480 e. The van der Waals surface area contributed by atoms with Gasteiger partial charge in [-0.15, -0.1) is 0 Å². The van der Waals surface area contributed by atoms with Crippen LogP contribution in [0.3, 0.4) is 0 Å². The Labute approximate surface area is 211 Å². The van der Waals surface area contributed by atoms with Gasteiger partial charge >= 0.3 is 5.97 Å². The van der Waals surface area contributed by atoms with Gasteiger partial charge in [0.25, 0.3) is 5.91 Å². The number of rotatable bonds is 8. The zero-order valence-electron chi connectivity index (χ0n) is 21.3. The topological polar surface area (TPSA) is 116 Å². The third-order valence-corrected chi connectivity index (χ3v) is 8.19. The number of fused-ring (bicyclic) bond motifs is 1. The SMILES string of the molecule is CC1(C)CCC(CN(CC(=O)O)C(=O)C(=O)C2=c3ccccc3=NC2)(C(=O)NC2CCCCC2)CC1. The Morgan fingerprint density at radius 1 is 1.03 bits per heavy atom. The summed E-state index contributed by atoms with van der Waals surface area (Å²) < 4.78 is 0. The van der Waals surface area contributed by atoms with Gasteiger partial charge in [-0.1, -0.05) is 51.3 Å². The number of para-hydroxylation sites is 1. The van der Waals surface area contributed by atoms with E-state index in [-0.39, 0.29) is 36.0 Å². The third kappa shape index (κ3) is 5.68. The monoisotopic (exact) mass is 495 g/mol. The standard InChI is InChI=1S/C28H37N3O5/c1-27(2)12-14-28(15-13-27,26(36)30-19-8-4-3-5-9-19)18-31(17-23(32)33)25(35)24(34)21-16-29-22-11-7-6-10-20(21)22/h6-7,10-11,19H,3-5,8-9,12-18H2,1-2H3,(H,30,36)(H,32,33). The number of carbonyl (C=O) groups is 4. The van der Waals surface area contributed by atoms with Gasteiger partial charge in [0, 0.05) is 23.4 Å². The normalized spacial score (nSPS) is 20.7. The number of Topliss-reactive ketones (excluding diaryl/α,β-unsaturated/α-hetero) is 1. The number of nitrogens with zero attached hydrogens (tertiary/aromatic N) is 2. The highest BCUT2D eigenvalue weighted by molar-refractivity contribution is 6.51. The lowest BCUT2D eigenvalue weighted by Crippen LogP contribution is -2.56. The third-order valence-electron chi connectivity index (χ3n) is 8.19. The lowest BCUT2D eigenvalue weighted by atomic mass is 9.64. The molecule has 0 radical (unpaired) electrons. The van der Waals surface area contributed by atoms with Gasteiger partial charge in [-0.25, -0.2) is 0 Å². The Bertz CT molecular complexity index is 1160. The van der Waals surface area contributed by atoms with Crippen LogP contribution in [0, 0.1) is 10.8 Å². The first-order valence-corrected chi connectivity index (χ1v) is 13.1. The fourth-order valence-corrected chi connectivity index (χ4v) is 5.76. The van der Waals surface area contributed by atoms with Crippen LogP contribution in [0.2, 0.25) is 0 Å². The molecule has 8 heteroatoms. The molecule has 0 atom stereocenters. The number of carboxylic acid groups (broad SMARTS) is 1. The van der Waals surface area contributed by atoms with Crippen molar-refractivity contribution in [2.24, 2.45) is 15.8 Å². The highest BCUT2D eigenvalue weighted by atomic mass is 16.4. The molecule has 1 aromatic carbocycles. The van der Waals surface area contributed by atoms with Crippen LogP contribution in [0.4, 0.5) is 0 Å². The first-order chi connectivity index (χ1) is 17.1. The van der Waals surface area contributed by atoms with Crippen LogP contribution in [-0.2, 0) is 19.2 Å². The average Bonchev–Trinajstić information content (AvgIpc) is 3.28. The summed E-state index contributed by atoms with van der Waals surface area (Å²) in [6.07, 6.45) is 7.87. The van der Waals surface area contributed by atoms with Crippen LogP contribution in [-0.4, -0.2) is 59.2 Å². The van der Waals surface area contributed by atoms with Crippen molar-refractivity contribution < 1.29 is 24.3 Å². The molecule has 2 amide bonds. The van der Waals surface area contributed by atoms with Crippen LogP contribution >= 0.6 is 0 Å². The quantitative estimate of drug-likeness (QED) is 0.535. The molecule has 0 bridgehead atoms. The van der Waals surface area contributed by atoms with E-state index in [9.17, 15) is 24.3 Å². The zero-order valence-corrected chi connectivity index (χ0v) is 21.3. The molecule has 194 valence electrons. The van der Waals surface area contributed by atoms with Crippen molar-refractivity contribution in [3.05, 3.63) is 34.8 Å². The Kier molecular flexibility index (Phi) is 7.62. The van der Waals surface area contributed by atoms with Gasteiger partial charge in [0.1, 0.15) is 6.54 Å². The Hall–Kier alpha value is -3.03. The molecule has 1 heterocycles. The largest absolute Gasteiger partial charge is 0.480 e. The number of hydrogen-bond acceptors (Lipinski definition) is 5. The highest BCUT2D eigenvalue weighted by Gasteiger charge is 2.47. The van der Waals surface area contributed by atoms with Crippen molar-refractivity contribution in [2.75, 3.05) is 19.6 Å². The summed E-state index contributed by atoms with van der Waals surface area (Å²) in [5, 5.41) is 14.1. The molecule has 1 aliphatic heterocycles. The number of ketones is 1. The molecule has 36 heavy (non-hydrogen) atoms. The van der Waals surface area contributed by atoms with Crippen molar-refractivity contribution in [3.8, 4) is 0 Å². The molecule has 2 aliphatic carbocycles. The fourth-order valence-electron chi connectivity index (χ4n) is 5.76. The van der Waals surface area contributed by atoms with E-state index in [1.54, 1.807) is 18.2 Å². The number of aliphatic carboxylic acids is 1. The zero-order chi connectivity index (χ0) is 25.9. The maximum absolute atomic E-state index is 13.7. The van der Waals surface area contributed by atoms with Gasteiger partial charge in [0.05, 0.1) is 17.3 Å². The Balaban J connectivity index is 1.61. The van der Waals surface area contributed by atoms with Gasteiger partial charge in [0.2, 0.25) is 11.7 Å². The van der Waals surface area contributed by atoms with E-state index >= 15 is 0 Å². The second-order valence-electron chi connectivity index (χ2n) is 11.4. The molecule has 0 unspecified atom stereocenters. The molecule has 0 aromatic heterocycles. The predicted octanol–water partition coefficient (Wildman–Crippen LogP) is 1.99. The lowest BCUT2D eigenvalue weighted by molar-refractivity contribution is -0.152. The second kappa shape index (κ2) is 10.5. The van der Waals surface area contributed by atoms with Crippen LogP contribution in [0.15, 0.2) is 29.3 Å². The molecule has 2 saturated carbocycles. The van der Waals surface area contributed by atoms with E-state index in [1.165, 1.54) is 6.42 Å². The van der Waals surface area contributed by atoms with E-state index in [0.29, 0.717) is 23.4 Å². The maximum atomic E-state index is 13.7. The molecule has 0 spiro atoms. The number of hydrogen-bond donors (Lipinski definition) is 2. The summed E-state index contributed by atoms with van der Waals surface area (Å²) >= 11 is 0. The smallest absolute Gasteiger partial charge is 0.323 e. The van der Waals surface area contributed by atoms with Crippen molar-refractivity contribution in [2.45, 2.75) is 77.7 Å². The molecule has 0 saturated heterocycles. The first kappa shape index (κ1) is 26.0. The van der Waals surface area contributed by atoms with Gasteiger partial charge in [-0.2, -0.15) is 0 Å². The molecule has 2 N–H and O–H groups in total. The van der Waals surface area contributed by atoms with Crippen molar-refractivity contribution in [3.63, 3.8) is 0 Å². The summed E-state index contributed by atoms with van der Waals surface area (Å²) in [4.78, 5) is 57.6. The number of amides is 2. The molecular formula is C28H37N3O5. The van der Waals surface area contributed by atoms with Crippen LogP contribution in [0.5, 0.6) is 0 Å². The molecular weight excluding hydrogens is 458 g/mol. The van der Waals surface area contributed by atoms with E-state index < -0.39 is 29.6 Å². The highest BCUT2D eigenvalue weighted by Crippen LogP contribution is 2.46. The number of benzene rings is 1. The molecule has 4 rings (SSSR count). The summed E-state index contributed by atoms with van der Waals surface area (Å²) in [5.41, 5.74) is -0.575.